The average molecular weight is 1020 g/mol. The van der Waals surface area contributed by atoms with E-state index >= 15 is 0 Å². The van der Waals surface area contributed by atoms with Gasteiger partial charge in [-0.3, -0.25) is 14.3 Å². The van der Waals surface area contributed by atoms with E-state index in [0.29, 0.717) is 57.0 Å². The maximum Gasteiger partial charge on any atom is 0.157 e. The third-order valence-corrected chi connectivity index (χ3v) is 21.8. The van der Waals surface area contributed by atoms with Crippen LogP contribution in [0.2, 0.25) is 5.02 Å². The van der Waals surface area contributed by atoms with Crippen LogP contribution in [0.4, 0.5) is 0 Å². The maximum atomic E-state index is 13.3. The van der Waals surface area contributed by atoms with Gasteiger partial charge in [0, 0.05) is 18.0 Å². The van der Waals surface area contributed by atoms with Crippen LogP contribution in [0.3, 0.4) is 0 Å². The highest BCUT2D eigenvalue weighted by atomic mass is 79.9. The first-order valence-electron chi connectivity index (χ1n) is 26.5. The van der Waals surface area contributed by atoms with Gasteiger partial charge in [0.25, 0.3) is 0 Å². The SMILES string of the molecule is C.C#CC#CC#CC#CC#CC.CC[C@]12CC[C@@](C)(O)C[C@H]1CC[C@H]1[C@@H]3CC[C@H](C(=O)CBr)[C@@]3(C)CC[C@@H]12.CC[C@]12CC[C@@](C)(O)C[C@H]1CC[C@H]1[C@@H]3CC[C@H](C(=O)Cn4cc(Cl)cn4)[C@@]3(C)CC[C@@H]12. The molecule has 0 spiro atoms. The molecule has 0 aromatic carbocycles. The number of terminal acetylenes is 1. The Kier molecular flexibility index (Phi) is 18.0. The highest BCUT2D eigenvalue weighted by molar-refractivity contribution is 9.09. The Morgan fingerprint density at radius 2 is 1.14 bits per heavy atom. The summed E-state index contributed by atoms with van der Waals surface area (Å²) in [6.45, 7) is 15.9. The number of carbonyl (C=O) groups excluding carboxylic acids is 2. The molecule has 1 aromatic rings. The maximum absolute atomic E-state index is 13.3. The molecule has 376 valence electrons. The largest absolute Gasteiger partial charge is 0.390 e. The minimum Gasteiger partial charge on any atom is -0.390 e. The lowest BCUT2D eigenvalue weighted by Crippen LogP contribution is -2.56. The number of aromatic nitrogens is 2. The first-order valence-corrected chi connectivity index (χ1v) is 28.0. The van der Waals surface area contributed by atoms with Crippen molar-refractivity contribution in [2.24, 2.45) is 80.8 Å². The Labute approximate surface area is 431 Å². The summed E-state index contributed by atoms with van der Waals surface area (Å²) >= 11 is 9.45. The van der Waals surface area contributed by atoms with Gasteiger partial charge in [-0.15, -0.1) is 6.42 Å². The van der Waals surface area contributed by atoms with Crippen LogP contribution in [0.5, 0.6) is 0 Å². The van der Waals surface area contributed by atoms with E-state index in [0.717, 1.165) is 68.1 Å². The van der Waals surface area contributed by atoms with Crippen LogP contribution in [0.1, 0.15) is 184 Å². The zero-order chi connectivity index (χ0) is 49.1. The zero-order valence-corrected chi connectivity index (χ0v) is 44.8. The molecule has 9 rings (SSSR count). The summed E-state index contributed by atoms with van der Waals surface area (Å²) in [5.74, 6) is 29.2. The molecule has 0 amide bonds. The number of ketones is 2. The predicted octanol–water partition coefficient (Wildman–Crippen LogP) is 12.9. The molecular formula is C61H84BrClN2O4. The molecule has 6 nitrogen and oxygen atoms in total. The molecule has 0 bridgehead atoms. The van der Waals surface area contributed by atoms with Crippen molar-refractivity contribution in [3.63, 3.8) is 0 Å². The van der Waals surface area contributed by atoms with Crippen LogP contribution in [0.25, 0.3) is 0 Å². The second-order valence-corrected chi connectivity index (χ2v) is 24.9. The van der Waals surface area contributed by atoms with Crippen molar-refractivity contribution in [3.05, 3.63) is 17.4 Å². The first kappa shape index (κ1) is 55.4. The topological polar surface area (TPSA) is 92.4 Å². The van der Waals surface area contributed by atoms with E-state index in [2.05, 4.69) is 116 Å². The van der Waals surface area contributed by atoms with Gasteiger partial charge in [0.05, 0.1) is 34.3 Å². The van der Waals surface area contributed by atoms with Crippen LogP contribution in [0.15, 0.2) is 12.4 Å². The Hall–Kier alpha value is -2.96. The van der Waals surface area contributed by atoms with E-state index in [9.17, 15) is 19.8 Å². The fraction of sp³-hybridized carbons (Fsp3) is 0.754. The molecule has 16 atom stereocenters. The Bertz CT molecular complexity index is 2320. The minimum atomic E-state index is -0.473. The number of alkyl halides is 1. The van der Waals surface area contributed by atoms with Crippen molar-refractivity contribution in [1.82, 2.24) is 9.78 Å². The van der Waals surface area contributed by atoms with Gasteiger partial charge in [0.2, 0.25) is 0 Å². The van der Waals surface area contributed by atoms with Gasteiger partial charge in [-0.1, -0.05) is 68.6 Å². The molecule has 2 N–H and O–H groups in total. The van der Waals surface area contributed by atoms with E-state index < -0.39 is 11.2 Å². The molecule has 0 radical (unpaired) electrons. The number of carbonyl (C=O) groups is 2. The molecule has 8 heteroatoms. The number of Topliss-reactive ketones (excluding diaryl/α,β-unsaturated/α-hetero) is 2. The van der Waals surface area contributed by atoms with Gasteiger partial charge in [-0.05, 0) is 266 Å². The molecule has 8 aliphatic carbocycles. The zero-order valence-electron chi connectivity index (χ0n) is 42.4. The van der Waals surface area contributed by atoms with Crippen LogP contribution in [-0.4, -0.2) is 48.1 Å². The van der Waals surface area contributed by atoms with Crippen molar-refractivity contribution in [3.8, 4) is 59.7 Å². The molecule has 69 heavy (non-hydrogen) atoms. The number of hydrogen-bond donors (Lipinski definition) is 2. The number of fused-ring (bicyclic) bond motifs is 10. The molecule has 1 heterocycles. The summed E-state index contributed by atoms with van der Waals surface area (Å²) in [7, 11) is 0. The molecule has 8 aliphatic rings. The summed E-state index contributed by atoms with van der Waals surface area (Å²) in [5.41, 5.74) is 0.342. The lowest BCUT2D eigenvalue weighted by Gasteiger charge is -2.63. The van der Waals surface area contributed by atoms with Crippen LogP contribution in [-0.2, 0) is 16.1 Å². The molecule has 8 saturated carbocycles. The minimum absolute atomic E-state index is 0. The summed E-state index contributed by atoms with van der Waals surface area (Å²) in [6.07, 6.45) is 31.9. The lowest BCUT2D eigenvalue weighted by atomic mass is 9.42. The van der Waals surface area contributed by atoms with Gasteiger partial charge < -0.3 is 10.2 Å². The molecular weight excluding hydrogens is 940 g/mol. The number of hydrogen-bond acceptors (Lipinski definition) is 5. The van der Waals surface area contributed by atoms with E-state index in [4.69, 9.17) is 18.0 Å². The summed E-state index contributed by atoms with van der Waals surface area (Å²) < 4.78 is 1.71. The second-order valence-electron chi connectivity index (χ2n) is 23.9. The normalized spacial score (nSPS) is 41.8. The lowest BCUT2D eigenvalue weighted by molar-refractivity contribution is -0.158. The van der Waals surface area contributed by atoms with E-state index in [1.165, 1.54) is 89.9 Å². The summed E-state index contributed by atoms with van der Waals surface area (Å²) in [4.78, 5) is 25.9. The fourth-order valence-electron chi connectivity index (χ4n) is 18.0. The smallest absolute Gasteiger partial charge is 0.157 e. The Morgan fingerprint density at radius 1 is 0.681 bits per heavy atom. The third-order valence-electron chi connectivity index (χ3n) is 21.0. The molecule has 8 fully saturated rings. The van der Waals surface area contributed by atoms with E-state index in [1.807, 2.05) is 0 Å². The number of rotatable bonds is 7. The first-order chi connectivity index (χ1) is 32.4. The van der Waals surface area contributed by atoms with Gasteiger partial charge >= 0.3 is 0 Å². The van der Waals surface area contributed by atoms with Gasteiger partial charge in [-0.2, -0.15) is 5.10 Å². The average Bonchev–Trinajstić information content (AvgIpc) is 4.01. The van der Waals surface area contributed by atoms with Crippen LogP contribution >= 0.6 is 27.5 Å². The standard InChI is InChI=1S/C26H39ClN2O2.C23H37BrO2.C11H4.CH4/c1-4-26-12-11-24(2,31)13-17(26)5-6-19-20-7-8-22(25(20,3)10-9-21(19)26)23(30)16-29-15-18(27)14-28-29;1-4-23-12-11-21(2,26)13-15(23)5-6-16-17-7-8-19(20(25)14-24)22(17,3)10-9-18(16)23;1-3-5-7-9-11-10-8-6-4-2;/h14-15,17,19-22,31H,4-13,16H2,1-3H3;15-19,26H,4-14H2,1-3H3;1H,2H3;1H4/t17-,19+,20+,21+,22-,24-,25+,26+;15-,16+,17+,18+,19-,21-,22+,23+;;/m11../s1. The van der Waals surface area contributed by atoms with Crippen molar-refractivity contribution >= 4 is 39.1 Å². The molecule has 1 aromatic heterocycles. The van der Waals surface area contributed by atoms with Gasteiger partial charge in [-0.25, -0.2) is 0 Å². The quantitative estimate of drug-likeness (QED) is 0.210. The van der Waals surface area contributed by atoms with Crippen molar-refractivity contribution in [2.45, 2.75) is 202 Å². The van der Waals surface area contributed by atoms with E-state index in [1.54, 1.807) is 24.0 Å². The Balaban J connectivity index is 0.000000187. The van der Waals surface area contributed by atoms with Crippen LogP contribution < -0.4 is 0 Å². The van der Waals surface area contributed by atoms with Crippen LogP contribution in [0, 0.1) is 141 Å². The van der Waals surface area contributed by atoms with Crippen molar-refractivity contribution in [2.75, 3.05) is 5.33 Å². The van der Waals surface area contributed by atoms with Gasteiger partial charge in [0.15, 0.2) is 5.78 Å². The summed E-state index contributed by atoms with van der Waals surface area (Å²) in [5, 5.41) is 26.8. The Morgan fingerprint density at radius 3 is 1.57 bits per heavy atom. The predicted molar refractivity (Wildman–Crippen MR) is 284 cm³/mol. The fourth-order valence-corrected chi connectivity index (χ4v) is 18.5. The number of aliphatic hydroxyl groups is 2. The third kappa shape index (κ3) is 10.9. The molecule has 0 saturated heterocycles. The number of nitrogens with zero attached hydrogens (tertiary/aromatic N) is 2. The second kappa shape index (κ2) is 22.4. The van der Waals surface area contributed by atoms with Gasteiger partial charge in [0.1, 0.15) is 5.78 Å². The highest BCUT2D eigenvalue weighted by Gasteiger charge is 2.64. The molecule has 0 unspecified atom stereocenters. The summed E-state index contributed by atoms with van der Waals surface area (Å²) in [6, 6.07) is 0. The number of halogens is 2. The van der Waals surface area contributed by atoms with E-state index in [-0.39, 0.29) is 30.1 Å². The monoisotopic (exact) mass is 1020 g/mol. The highest BCUT2D eigenvalue weighted by Crippen LogP contribution is 2.71. The molecule has 0 aliphatic heterocycles. The van der Waals surface area contributed by atoms with Crippen molar-refractivity contribution < 1.29 is 19.8 Å². The van der Waals surface area contributed by atoms with Crippen molar-refractivity contribution in [1.29, 1.82) is 0 Å².